The molecule has 0 bridgehead atoms. The number of carbonyl (C=O) groups excluding carboxylic acids is 1. The van der Waals surface area contributed by atoms with Gasteiger partial charge in [0.25, 0.3) is 5.91 Å². The molecule has 19 heavy (non-hydrogen) atoms. The van der Waals surface area contributed by atoms with Gasteiger partial charge in [-0.15, -0.1) is 0 Å². The molecule has 104 valence electrons. The number of amides is 1. The Labute approximate surface area is 119 Å². The van der Waals surface area contributed by atoms with Gasteiger partial charge in [-0.25, -0.2) is 0 Å². The summed E-state index contributed by atoms with van der Waals surface area (Å²) in [6, 6.07) is 5.44. The third-order valence-electron chi connectivity index (χ3n) is 3.84. The molecule has 2 rings (SSSR count). The van der Waals surface area contributed by atoms with E-state index in [1.54, 1.807) is 18.2 Å². The highest BCUT2D eigenvalue weighted by atomic mass is 35.5. The van der Waals surface area contributed by atoms with Gasteiger partial charge in [0.2, 0.25) is 0 Å². The van der Waals surface area contributed by atoms with E-state index in [0.717, 1.165) is 12.8 Å². The van der Waals surface area contributed by atoms with Gasteiger partial charge in [0.05, 0.1) is 10.6 Å². The van der Waals surface area contributed by atoms with Crippen molar-refractivity contribution in [2.24, 2.45) is 0 Å². The van der Waals surface area contributed by atoms with Crippen molar-refractivity contribution in [2.75, 3.05) is 12.3 Å². The van der Waals surface area contributed by atoms with Crippen LogP contribution in [0.2, 0.25) is 5.02 Å². The van der Waals surface area contributed by atoms with Crippen molar-refractivity contribution in [1.82, 2.24) is 4.90 Å². The van der Waals surface area contributed by atoms with Crippen molar-refractivity contribution in [2.45, 2.75) is 45.1 Å². The van der Waals surface area contributed by atoms with Crippen molar-refractivity contribution in [1.29, 1.82) is 0 Å². The van der Waals surface area contributed by atoms with Crippen molar-refractivity contribution < 1.29 is 4.79 Å². The Morgan fingerprint density at radius 3 is 2.68 bits per heavy atom. The van der Waals surface area contributed by atoms with Gasteiger partial charge >= 0.3 is 0 Å². The summed E-state index contributed by atoms with van der Waals surface area (Å²) in [6.45, 7) is 2.74. The van der Waals surface area contributed by atoms with Gasteiger partial charge in [0.1, 0.15) is 0 Å². The van der Waals surface area contributed by atoms with Gasteiger partial charge in [0, 0.05) is 18.3 Å². The predicted molar refractivity (Wildman–Crippen MR) is 79.4 cm³/mol. The van der Waals surface area contributed by atoms with Crippen LogP contribution in [0.25, 0.3) is 0 Å². The van der Waals surface area contributed by atoms with Gasteiger partial charge in [-0.1, -0.05) is 30.9 Å². The van der Waals surface area contributed by atoms with Crippen LogP contribution in [-0.4, -0.2) is 23.4 Å². The van der Waals surface area contributed by atoms with Gasteiger partial charge in [0.15, 0.2) is 0 Å². The summed E-state index contributed by atoms with van der Waals surface area (Å²) in [5, 5.41) is 0.480. The van der Waals surface area contributed by atoms with Crippen LogP contribution in [0.5, 0.6) is 0 Å². The molecule has 1 amide bonds. The lowest BCUT2D eigenvalue weighted by molar-refractivity contribution is 0.0648. The molecule has 2 N–H and O–H groups in total. The van der Waals surface area contributed by atoms with E-state index >= 15 is 0 Å². The van der Waals surface area contributed by atoms with Crippen LogP contribution in [0.3, 0.4) is 0 Å². The normalized spacial score (nSPS) is 16.3. The molecule has 3 nitrogen and oxygen atoms in total. The molecule has 1 aliphatic carbocycles. The second-order valence-electron chi connectivity index (χ2n) is 5.12. The van der Waals surface area contributed by atoms with E-state index < -0.39 is 0 Å². The van der Waals surface area contributed by atoms with Crippen LogP contribution in [0.15, 0.2) is 18.2 Å². The first-order valence-electron chi connectivity index (χ1n) is 6.99. The zero-order valence-corrected chi connectivity index (χ0v) is 12.1. The molecule has 0 heterocycles. The van der Waals surface area contributed by atoms with Crippen molar-refractivity contribution >= 4 is 23.2 Å². The summed E-state index contributed by atoms with van der Waals surface area (Å²) in [5.41, 5.74) is 6.85. The zero-order chi connectivity index (χ0) is 13.8. The minimum Gasteiger partial charge on any atom is -0.399 e. The largest absolute Gasteiger partial charge is 0.399 e. The van der Waals surface area contributed by atoms with Gasteiger partial charge in [-0.3, -0.25) is 4.79 Å². The first-order valence-corrected chi connectivity index (χ1v) is 7.37. The Morgan fingerprint density at radius 1 is 1.37 bits per heavy atom. The molecular formula is C15H21ClN2O. The fourth-order valence-electron chi connectivity index (χ4n) is 2.82. The Kier molecular flexibility index (Phi) is 4.70. The van der Waals surface area contributed by atoms with E-state index in [0.29, 0.717) is 28.9 Å². The monoisotopic (exact) mass is 280 g/mol. The number of carbonyl (C=O) groups is 1. The van der Waals surface area contributed by atoms with Gasteiger partial charge in [-0.05, 0) is 38.0 Å². The molecule has 0 aliphatic heterocycles. The molecule has 1 aromatic carbocycles. The molecule has 0 saturated heterocycles. The summed E-state index contributed by atoms with van der Waals surface area (Å²) in [6.07, 6.45) is 5.89. The van der Waals surface area contributed by atoms with Crippen molar-refractivity contribution in [3.63, 3.8) is 0 Å². The third kappa shape index (κ3) is 3.21. The van der Waals surface area contributed by atoms with E-state index in [9.17, 15) is 4.79 Å². The minimum atomic E-state index is 0.00620. The number of nitrogens with zero attached hydrogens (tertiary/aromatic N) is 1. The summed E-state index contributed by atoms with van der Waals surface area (Å²) in [7, 11) is 0. The summed E-state index contributed by atoms with van der Waals surface area (Å²) >= 11 is 6.13. The first-order chi connectivity index (χ1) is 9.13. The number of benzene rings is 1. The fraction of sp³-hybridized carbons (Fsp3) is 0.533. The first kappa shape index (κ1) is 14.2. The number of rotatable bonds is 3. The van der Waals surface area contributed by atoms with Crippen LogP contribution in [0.4, 0.5) is 5.69 Å². The SMILES string of the molecule is CCN(C(=O)c1cc(N)ccc1Cl)C1CCCCC1. The zero-order valence-electron chi connectivity index (χ0n) is 11.4. The smallest absolute Gasteiger partial charge is 0.255 e. The van der Waals surface area contributed by atoms with E-state index in [1.807, 2.05) is 11.8 Å². The molecule has 0 unspecified atom stereocenters. The molecule has 0 spiro atoms. The molecule has 4 heteroatoms. The standard InChI is InChI=1S/C15H21ClN2O/c1-2-18(12-6-4-3-5-7-12)15(19)13-10-11(17)8-9-14(13)16/h8-10,12H,2-7,17H2,1H3. The second-order valence-corrected chi connectivity index (χ2v) is 5.53. The number of halogens is 1. The number of hydrogen-bond donors (Lipinski definition) is 1. The topological polar surface area (TPSA) is 46.3 Å². The third-order valence-corrected chi connectivity index (χ3v) is 4.17. The fourth-order valence-corrected chi connectivity index (χ4v) is 3.02. The molecule has 1 aromatic rings. The lowest BCUT2D eigenvalue weighted by Gasteiger charge is -2.33. The van der Waals surface area contributed by atoms with Crippen LogP contribution in [0, 0.1) is 0 Å². The lowest BCUT2D eigenvalue weighted by atomic mass is 9.93. The van der Waals surface area contributed by atoms with Crippen LogP contribution < -0.4 is 5.73 Å². The molecule has 1 saturated carbocycles. The van der Waals surface area contributed by atoms with Crippen LogP contribution in [-0.2, 0) is 0 Å². The Hall–Kier alpha value is -1.22. The minimum absolute atomic E-state index is 0.00620. The average molecular weight is 281 g/mol. The Bertz CT molecular complexity index is 455. The summed E-state index contributed by atoms with van der Waals surface area (Å²) < 4.78 is 0. The van der Waals surface area contributed by atoms with Gasteiger partial charge in [-0.2, -0.15) is 0 Å². The highest BCUT2D eigenvalue weighted by Crippen LogP contribution is 2.26. The molecule has 1 fully saturated rings. The molecule has 0 atom stereocenters. The number of anilines is 1. The van der Waals surface area contributed by atoms with Crippen LogP contribution >= 0.6 is 11.6 Å². The van der Waals surface area contributed by atoms with Crippen molar-refractivity contribution in [3.8, 4) is 0 Å². The Balaban J connectivity index is 2.22. The maximum atomic E-state index is 12.6. The summed E-state index contributed by atoms with van der Waals surface area (Å²) in [4.78, 5) is 14.6. The van der Waals surface area contributed by atoms with E-state index in [1.165, 1.54) is 19.3 Å². The van der Waals surface area contributed by atoms with E-state index in [-0.39, 0.29) is 5.91 Å². The van der Waals surface area contributed by atoms with E-state index in [4.69, 9.17) is 17.3 Å². The van der Waals surface area contributed by atoms with Crippen LogP contribution in [0.1, 0.15) is 49.4 Å². The van der Waals surface area contributed by atoms with E-state index in [2.05, 4.69) is 0 Å². The second kappa shape index (κ2) is 6.29. The lowest BCUT2D eigenvalue weighted by Crippen LogP contribution is -2.41. The molecular weight excluding hydrogens is 260 g/mol. The maximum Gasteiger partial charge on any atom is 0.255 e. The average Bonchev–Trinajstić information content (AvgIpc) is 2.43. The highest BCUT2D eigenvalue weighted by Gasteiger charge is 2.26. The number of hydrogen-bond acceptors (Lipinski definition) is 2. The number of nitrogens with two attached hydrogens (primary N) is 1. The Morgan fingerprint density at radius 2 is 2.05 bits per heavy atom. The maximum absolute atomic E-state index is 12.6. The number of nitrogen functional groups attached to an aromatic ring is 1. The predicted octanol–water partition coefficient (Wildman–Crippen LogP) is 3.72. The summed E-state index contributed by atoms with van der Waals surface area (Å²) in [5.74, 6) is 0.00620. The molecule has 0 aromatic heterocycles. The molecule has 1 aliphatic rings. The molecule has 0 radical (unpaired) electrons. The van der Waals surface area contributed by atoms with Gasteiger partial charge < -0.3 is 10.6 Å². The van der Waals surface area contributed by atoms with Crippen molar-refractivity contribution in [3.05, 3.63) is 28.8 Å². The highest BCUT2D eigenvalue weighted by molar-refractivity contribution is 6.34. The quantitative estimate of drug-likeness (QED) is 0.858.